The van der Waals surface area contributed by atoms with Crippen LogP contribution in [0.15, 0.2) is 11.6 Å². The van der Waals surface area contributed by atoms with Crippen LogP contribution < -0.4 is 5.32 Å². The van der Waals surface area contributed by atoms with Gasteiger partial charge >= 0.3 is 0 Å². The Labute approximate surface area is 109 Å². The van der Waals surface area contributed by atoms with Crippen molar-refractivity contribution in [1.82, 2.24) is 5.32 Å². The molecule has 0 amide bonds. The largest absolute Gasteiger partial charge is 0.310 e. The lowest BCUT2D eigenvalue weighted by atomic mass is 10.1. The van der Waals surface area contributed by atoms with Crippen LogP contribution in [0, 0.1) is 0 Å². The Bertz CT molecular complexity index is 224. The molecule has 1 heterocycles. The van der Waals surface area contributed by atoms with Gasteiger partial charge in [0.1, 0.15) is 0 Å². The molecule has 94 valence electrons. The molecule has 16 heavy (non-hydrogen) atoms. The second-order valence-corrected chi connectivity index (χ2v) is 7.11. The summed E-state index contributed by atoms with van der Waals surface area (Å²) in [7, 11) is 0. The Morgan fingerprint density at radius 1 is 1.31 bits per heavy atom. The first-order valence-electron chi connectivity index (χ1n) is 6.30. The monoisotopic (exact) mass is 259 g/mol. The van der Waals surface area contributed by atoms with Crippen LogP contribution in [0.25, 0.3) is 0 Å². The van der Waals surface area contributed by atoms with Gasteiger partial charge in [0.15, 0.2) is 0 Å². The van der Waals surface area contributed by atoms with Crippen molar-refractivity contribution >= 4 is 23.5 Å². The van der Waals surface area contributed by atoms with Crippen molar-refractivity contribution in [3.63, 3.8) is 0 Å². The summed E-state index contributed by atoms with van der Waals surface area (Å²) in [4.78, 5) is 0. The van der Waals surface area contributed by atoms with E-state index >= 15 is 0 Å². The van der Waals surface area contributed by atoms with Gasteiger partial charge in [0.25, 0.3) is 0 Å². The third-order valence-electron chi connectivity index (χ3n) is 2.80. The number of hydrogen-bond donors (Lipinski definition) is 1. The second-order valence-electron chi connectivity index (χ2n) is 4.48. The molecule has 3 heteroatoms. The van der Waals surface area contributed by atoms with Crippen LogP contribution in [0.5, 0.6) is 0 Å². The summed E-state index contributed by atoms with van der Waals surface area (Å²) in [5.74, 6) is 2.64. The number of likely N-dealkylation sites (N-methyl/N-ethyl adjacent to an activating group) is 1. The first kappa shape index (κ1) is 14.5. The standard InChI is InChI=1S/C13H25NS2/c1-5-12-13(16-8-7-15-12)11(14-6-2)9-10(3)4/h9,11-14H,5-8H2,1-4H3. The van der Waals surface area contributed by atoms with Gasteiger partial charge < -0.3 is 5.32 Å². The minimum absolute atomic E-state index is 0.553. The third-order valence-corrected chi connectivity index (χ3v) is 6.17. The van der Waals surface area contributed by atoms with Gasteiger partial charge in [-0.3, -0.25) is 0 Å². The zero-order chi connectivity index (χ0) is 12.0. The van der Waals surface area contributed by atoms with Gasteiger partial charge in [0.2, 0.25) is 0 Å². The van der Waals surface area contributed by atoms with Crippen molar-refractivity contribution in [2.45, 2.75) is 50.7 Å². The molecule has 1 aliphatic rings. The van der Waals surface area contributed by atoms with Crippen molar-refractivity contribution < 1.29 is 0 Å². The molecule has 1 rings (SSSR count). The molecule has 0 saturated carbocycles. The lowest BCUT2D eigenvalue weighted by Crippen LogP contribution is -2.44. The second kappa shape index (κ2) is 7.67. The van der Waals surface area contributed by atoms with E-state index in [1.165, 1.54) is 23.5 Å². The van der Waals surface area contributed by atoms with E-state index in [4.69, 9.17) is 0 Å². The first-order chi connectivity index (χ1) is 7.69. The number of thioether (sulfide) groups is 2. The van der Waals surface area contributed by atoms with E-state index in [0.29, 0.717) is 6.04 Å². The highest BCUT2D eigenvalue weighted by Crippen LogP contribution is 2.35. The van der Waals surface area contributed by atoms with Crippen LogP contribution in [0.2, 0.25) is 0 Å². The van der Waals surface area contributed by atoms with Gasteiger partial charge in [-0.05, 0) is 26.8 Å². The van der Waals surface area contributed by atoms with Gasteiger partial charge in [-0.15, -0.1) is 0 Å². The summed E-state index contributed by atoms with van der Waals surface area (Å²) < 4.78 is 0. The normalized spacial score (nSPS) is 27.5. The lowest BCUT2D eigenvalue weighted by Gasteiger charge is -2.35. The highest BCUT2D eigenvalue weighted by molar-refractivity contribution is 8.07. The van der Waals surface area contributed by atoms with Gasteiger partial charge in [-0.2, -0.15) is 23.5 Å². The maximum Gasteiger partial charge on any atom is 0.0383 e. The summed E-state index contributed by atoms with van der Waals surface area (Å²) in [6.45, 7) is 9.99. The lowest BCUT2D eigenvalue weighted by molar-refractivity contribution is 0.565. The van der Waals surface area contributed by atoms with Crippen LogP contribution in [0.1, 0.15) is 34.1 Å². The van der Waals surface area contributed by atoms with E-state index in [2.05, 4.69) is 62.6 Å². The molecule has 0 radical (unpaired) electrons. The molecule has 3 atom stereocenters. The fraction of sp³-hybridized carbons (Fsp3) is 0.846. The molecule has 3 unspecified atom stereocenters. The van der Waals surface area contributed by atoms with Crippen LogP contribution in [-0.4, -0.2) is 34.6 Å². The van der Waals surface area contributed by atoms with E-state index in [0.717, 1.165) is 17.0 Å². The molecule has 0 spiro atoms. The fourth-order valence-electron chi connectivity index (χ4n) is 2.14. The van der Waals surface area contributed by atoms with Crippen molar-refractivity contribution in [3.05, 3.63) is 11.6 Å². The average Bonchev–Trinajstić information content (AvgIpc) is 2.28. The molecule has 1 nitrogen and oxygen atoms in total. The maximum absolute atomic E-state index is 3.64. The Morgan fingerprint density at radius 3 is 2.56 bits per heavy atom. The zero-order valence-electron chi connectivity index (χ0n) is 11.0. The molecule has 0 aliphatic carbocycles. The van der Waals surface area contributed by atoms with E-state index in [9.17, 15) is 0 Å². The fourth-order valence-corrected chi connectivity index (χ4v) is 5.34. The molecule has 0 aromatic rings. The van der Waals surface area contributed by atoms with E-state index < -0.39 is 0 Å². The van der Waals surface area contributed by atoms with E-state index in [1.807, 2.05) is 0 Å². The summed E-state index contributed by atoms with van der Waals surface area (Å²) in [6, 6.07) is 0.553. The highest BCUT2D eigenvalue weighted by atomic mass is 32.2. The molecular formula is C13H25NS2. The smallest absolute Gasteiger partial charge is 0.0383 e. The predicted octanol–water partition coefficient (Wildman–Crippen LogP) is 3.56. The number of nitrogens with one attached hydrogen (secondary N) is 1. The summed E-state index contributed by atoms with van der Waals surface area (Å²) >= 11 is 4.32. The number of hydrogen-bond acceptors (Lipinski definition) is 3. The van der Waals surface area contributed by atoms with Gasteiger partial charge in [-0.1, -0.05) is 25.5 Å². The predicted molar refractivity (Wildman–Crippen MR) is 79.7 cm³/mol. The third kappa shape index (κ3) is 4.34. The minimum atomic E-state index is 0.553. The molecule has 0 aromatic carbocycles. The maximum atomic E-state index is 3.64. The average molecular weight is 259 g/mol. The quantitative estimate of drug-likeness (QED) is 0.758. The van der Waals surface area contributed by atoms with Crippen LogP contribution in [-0.2, 0) is 0 Å². The summed E-state index contributed by atoms with van der Waals surface area (Å²) in [5, 5.41) is 5.20. The van der Waals surface area contributed by atoms with Gasteiger partial charge in [0.05, 0.1) is 0 Å². The molecule has 1 aliphatic heterocycles. The number of allylic oxidation sites excluding steroid dienone is 1. The minimum Gasteiger partial charge on any atom is -0.310 e. The van der Waals surface area contributed by atoms with E-state index in [-0.39, 0.29) is 0 Å². The van der Waals surface area contributed by atoms with Gasteiger partial charge in [0, 0.05) is 28.0 Å². The van der Waals surface area contributed by atoms with Crippen LogP contribution >= 0.6 is 23.5 Å². The Morgan fingerprint density at radius 2 is 2.00 bits per heavy atom. The SMILES string of the molecule is CCNC(C=C(C)C)C1SCCSC1CC. The molecular weight excluding hydrogens is 234 g/mol. The zero-order valence-corrected chi connectivity index (χ0v) is 12.6. The molecule has 1 saturated heterocycles. The first-order valence-corrected chi connectivity index (χ1v) is 8.40. The van der Waals surface area contributed by atoms with Crippen molar-refractivity contribution in [1.29, 1.82) is 0 Å². The van der Waals surface area contributed by atoms with Crippen LogP contribution in [0.4, 0.5) is 0 Å². The van der Waals surface area contributed by atoms with Crippen LogP contribution in [0.3, 0.4) is 0 Å². The number of rotatable bonds is 5. The summed E-state index contributed by atoms with van der Waals surface area (Å²) in [6.07, 6.45) is 3.70. The van der Waals surface area contributed by atoms with Gasteiger partial charge in [-0.25, -0.2) is 0 Å². The molecule has 0 aromatic heterocycles. The van der Waals surface area contributed by atoms with E-state index in [1.54, 1.807) is 0 Å². The van der Waals surface area contributed by atoms with Crippen molar-refractivity contribution in [2.24, 2.45) is 0 Å². The summed E-state index contributed by atoms with van der Waals surface area (Å²) in [5.41, 5.74) is 1.43. The topological polar surface area (TPSA) is 12.0 Å². The Kier molecular flexibility index (Phi) is 6.94. The molecule has 1 N–H and O–H groups in total. The van der Waals surface area contributed by atoms with Crippen molar-refractivity contribution in [2.75, 3.05) is 18.1 Å². The Balaban J connectivity index is 2.70. The highest BCUT2D eigenvalue weighted by Gasteiger charge is 2.30. The Hall–Kier alpha value is 0.400. The van der Waals surface area contributed by atoms with Crippen molar-refractivity contribution in [3.8, 4) is 0 Å². The molecule has 1 fully saturated rings. The molecule has 0 bridgehead atoms.